The Morgan fingerprint density at radius 1 is 1.39 bits per heavy atom. The van der Waals surface area contributed by atoms with Gasteiger partial charge in [0.15, 0.2) is 0 Å². The number of carbonyl (C=O) groups excluding carboxylic acids is 1. The summed E-state index contributed by atoms with van der Waals surface area (Å²) in [4.78, 5) is 13.9. The molecule has 2 aromatic rings. The molecule has 1 aliphatic carbocycles. The van der Waals surface area contributed by atoms with Crippen molar-refractivity contribution in [3.8, 4) is 0 Å². The molecule has 0 saturated heterocycles. The van der Waals surface area contributed by atoms with E-state index in [0.29, 0.717) is 11.3 Å². The molecule has 7 heteroatoms. The van der Waals surface area contributed by atoms with E-state index in [0.717, 1.165) is 12.8 Å². The quantitative estimate of drug-likeness (QED) is 0.856. The maximum Gasteiger partial charge on any atom is 0.318 e. The molecular weight excluding hydrogens is 301 g/mol. The summed E-state index contributed by atoms with van der Waals surface area (Å²) in [6.07, 6.45) is 2.44. The lowest BCUT2D eigenvalue weighted by molar-refractivity contribution is 0.117. The summed E-state index contributed by atoms with van der Waals surface area (Å²) in [5.41, 5.74) is 1.22. The Morgan fingerprint density at radius 2 is 2.13 bits per heavy atom. The van der Waals surface area contributed by atoms with Crippen LogP contribution in [0.2, 0.25) is 0 Å². The average Bonchev–Trinajstić information content (AvgIpc) is 3.26. The van der Waals surface area contributed by atoms with Gasteiger partial charge < -0.3 is 19.8 Å². The van der Waals surface area contributed by atoms with Crippen molar-refractivity contribution in [2.75, 3.05) is 6.54 Å². The average molecular weight is 319 g/mol. The fourth-order valence-electron chi connectivity index (χ4n) is 2.36. The smallest absolute Gasteiger partial charge is 0.318 e. The minimum atomic E-state index is -0.853. The third kappa shape index (κ3) is 4.07. The molecule has 1 aromatic heterocycles. The summed E-state index contributed by atoms with van der Waals surface area (Å²) >= 11 is 0. The van der Waals surface area contributed by atoms with E-state index in [9.17, 15) is 14.3 Å². The first kappa shape index (κ1) is 15.5. The number of aliphatic hydroxyl groups is 1. The number of aromatic nitrogens is 1. The minimum Gasteiger partial charge on any atom is -0.387 e. The first-order valence-corrected chi connectivity index (χ1v) is 7.51. The molecular formula is C16H18FN3O3. The SMILES string of the molecule is O=C(NCc1ccon1)N(CC(O)c1ccc(F)cc1)C1CC1. The molecule has 2 N–H and O–H groups in total. The molecule has 1 aromatic carbocycles. The number of benzene rings is 1. The van der Waals surface area contributed by atoms with Gasteiger partial charge in [-0.1, -0.05) is 17.3 Å². The van der Waals surface area contributed by atoms with Crippen molar-refractivity contribution >= 4 is 6.03 Å². The molecule has 1 heterocycles. The molecule has 3 rings (SSSR count). The topological polar surface area (TPSA) is 78.6 Å². The summed E-state index contributed by atoms with van der Waals surface area (Å²) in [5.74, 6) is -0.356. The van der Waals surface area contributed by atoms with Gasteiger partial charge in [0.1, 0.15) is 17.8 Å². The highest BCUT2D eigenvalue weighted by molar-refractivity contribution is 5.75. The van der Waals surface area contributed by atoms with Crippen LogP contribution in [-0.2, 0) is 6.54 Å². The largest absolute Gasteiger partial charge is 0.387 e. The first-order chi connectivity index (χ1) is 11.1. The Kier molecular flexibility index (Phi) is 4.57. The number of aliphatic hydroxyl groups excluding tert-OH is 1. The van der Waals surface area contributed by atoms with Gasteiger partial charge in [0.25, 0.3) is 0 Å². The zero-order chi connectivity index (χ0) is 16.2. The number of urea groups is 1. The van der Waals surface area contributed by atoms with Crippen LogP contribution in [-0.4, -0.2) is 33.8 Å². The fraction of sp³-hybridized carbons (Fsp3) is 0.375. The number of hydrogen-bond acceptors (Lipinski definition) is 4. The number of hydrogen-bond donors (Lipinski definition) is 2. The second kappa shape index (κ2) is 6.78. The highest BCUT2D eigenvalue weighted by atomic mass is 19.1. The summed E-state index contributed by atoms with van der Waals surface area (Å²) in [6.45, 7) is 0.437. The van der Waals surface area contributed by atoms with Gasteiger partial charge in [0, 0.05) is 12.1 Å². The van der Waals surface area contributed by atoms with Crippen molar-refractivity contribution in [2.24, 2.45) is 0 Å². The van der Waals surface area contributed by atoms with Gasteiger partial charge in [0.05, 0.1) is 19.2 Å². The lowest BCUT2D eigenvalue weighted by Gasteiger charge is -2.25. The normalized spacial score (nSPS) is 15.2. The molecule has 6 nitrogen and oxygen atoms in total. The highest BCUT2D eigenvalue weighted by Gasteiger charge is 2.34. The summed E-state index contributed by atoms with van der Waals surface area (Å²) in [7, 11) is 0. The number of rotatable bonds is 6. The Hall–Kier alpha value is -2.41. The van der Waals surface area contributed by atoms with Crippen molar-refractivity contribution in [3.63, 3.8) is 0 Å². The molecule has 0 radical (unpaired) electrons. The van der Waals surface area contributed by atoms with E-state index in [4.69, 9.17) is 4.52 Å². The van der Waals surface area contributed by atoms with Crippen molar-refractivity contribution in [2.45, 2.75) is 31.5 Å². The third-order valence-electron chi connectivity index (χ3n) is 3.78. The molecule has 1 unspecified atom stereocenters. The second-order valence-corrected chi connectivity index (χ2v) is 5.60. The highest BCUT2D eigenvalue weighted by Crippen LogP contribution is 2.29. The molecule has 0 bridgehead atoms. The maximum atomic E-state index is 12.9. The first-order valence-electron chi connectivity index (χ1n) is 7.51. The monoisotopic (exact) mass is 319 g/mol. The minimum absolute atomic E-state index is 0.141. The maximum absolute atomic E-state index is 12.9. The van der Waals surface area contributed by atoms with Gasteiger partial charge in [-0.3, -0.25) is 0 Å². The Morgan fingerprint density at radius 3 is 2.74 bits per heavy atom. The zero-order valence-corrected chi connectivity index (χ0v) is 12.5. The van der Waals surface area contributed by atoms with Crippen molar-refractivity contribution in [1.82, 2.24) is 15.4 Å². The van der Waals surface area contributed by atoms with Gasteiger partial charge >= 0.3 is 6.03 Å². The molecule has 23 heavy (non-hydrogen) atoms. The third-order valence-corrected chi connectivity index (χ3v) is 3.78. The van der Waals surface area contributed by atoms with Gasteiger partial charge in [0.2, 0.25) is 0 Å². The van der Waals surface area contributed by atoms with Crippen molar-refractivity contribution in [3.05, 3.63) is 53.7 Å². The van der Waals surface area contributed by atoms with Gasteiger partial charge in [-0.2, -0.15) is 0 Å². The van der Waals surface area contributed by atoms with Crippen LogP contribution in [0.5, 0.6) is 0 Å². The van der Waals surface area contributed by atoms with Gasteiger partial charge in [-0.15, -0.1) is 0 Å². The number of amides is 2. The van der Waals surface area contributed by atoms with Crippen LogP contribution in [0, 0.1) is 5.82 Å². The summed E-state index contributed by atoms with van der Waals surface area (Å²) in [5, 5.41) is 16.8. The van der Waals surface area contributed by atoms with Crippen LogP contribution in [0.3, 0.4) is 0 Å². The van der Waals surface area contributed by atoms with Crippen molar-refractivity contribution < 1.29 is 18.8 Å². The molecule has 0 spiro atoms. The summed E-state index contributed by atoms with van der Waals surface area (Å²) < 4.78 is 17.7. The molecule has 122 valence electrons. The molecule has 1 saturated carbocycles. The zero-order valence-electron chi connectivity index (χ0n) is 12.5. The lowest BCUT2D eigenvalue weighted by atomic mass is 10.1. The number of carbonyl (C=O) groups is 1. The Labute approximate surface area is 132 Å². The van der Waals surface area contributed by atoms with Crippen molar-refractivity contribution in [1.29, 1.82) is 0 Å². The van der Waals surface area contributed by atoms with Crippen LogP contribution in [0.25, 0.3) is 0 Å². The van der Waals surface area contributed by atoms with E-state index in [1.165, 1.54) is 30.5 Å². The predicted molar refractivity (Wildman–Crippen MR) is 79.8 cm³/mol. The van der Waals surface area contributed by atoms with E-state index in [-0.39, 0.29) is 31.0 Å². The lowest BCUT2D eigenvalue weighted by Crippen LogP contribution is -2.43. The van der Waals surface area contributed by atoms with Crippen LogP contribution < -0.4 is 5.32 Å². The summed E-state index contributed by atoms with van der Waals surface area (Å²) in [6, 6.07) is 7.21. The van der Waals surface area contributed by atoms with Crippen LogP contribution in [0.4, 0.5) is 9.18 Å². The molecule has 2 amide bonds. The van der Waals surface area contributed by atoms with Crippen LogP contribution in [0.1, 0.15) is 30.2 Å². The van der Waals surface area contributed by atoms with E-state index < -0.39 is 6.10 Å². The van der Waals surface area contributed by atoms with E-state index in [1.807, 2.05) is 0 Å². The molecule has 0 aliphatic heterocycles. The number of halogens is 1. The molecule has 1 aliphatic rings. The van der Waals surface area contributed by atoms with Crippen LogP contribution in [0.15, 0.2) is 41.1 Å². The van der Waals surface area contributed by atoms with Gasteiger partial charge in [-0.05, 0) is 30.5 Å². The number of nitrogens with zero attached hydrogens (tertiary/aromatic N) is 2. The number of nitrogens with one attached hydrogen (secondary N) is 1. The molecule has 1 atom stereocenters. The van der Waals surface area contributed by atoms with Crippen LogP contribution >= 0.6 is 0 Å². The van der Waals surface area contributed by atoms with Gasteiger partial charge in [-0.25, -0.2) is 9.18 Å². The van der Waals surface area contributed by atoms with E-state index >= 15 is 0 Å². The van der Waals surface area contributed by atoms with E-state index in [2.05, 4.69) is 10.5 Å². The Balaban J connectivity index is 1.59. The molecule has 1 fully saturated rings. The standard InChI is InChI=1S/C16H18FN3O3/c17-12-3-1-11(2-4-12)15(21)10-20(14-5-6-14)16(22)18-9-13-7-8-23-19-13/h1-4,7-8,14-15,21H,5-6,9-10H2,(H,18,22). The fourth-order valence-corrected chi connectivity index (χ4v) is 2.36. The Bertz CT molecular complexity index is 641. The second-order valence-electron chi connectivity index (χ2n) is 5.60. The predicted octanol–water partition coefficient (Wildman–Crippen LogP) is 2.22. The van der Waals surface area contributed by atoms with E-state index in [1.54, 1.807) is 11.0 Å².